The Morgan fingerprint density at radius 2 is 2.00 bits per heavy atom. The van der Waals surface area contributed by atoms with Crippen LogP contribution in [0.2, 0.25) is 0 Å². The van der Waals surface area contributed by atoms with Crippen molar-refractivity contribution in [1.82, 2.24) is 5.01 Å². The molecule has 0 aliphatic carbocycles. The monoisotopic (exact) mass is 300 g/mol. The largest absolute Gasteiger partial charge is 0.438 e. The van der Waals surface area contributed by atoms with Gasteiger partial charge in [-0.05, 0) is 18.9 Å². The lowest BCUT2D eigenvalue weighted by Crippen LogP contribution is -2.56. The third-order valence-corrected chi connectivity index (χ3v) is 3.28. The van der Waals surface area contributed by atoms with E-state index < -0.39 is 24.2 Å². The Labute approximate surface area is 119 Å². The van der Waals surface area contributed by atoms with Crippen molar-refractivity contribution in [3.8, 4) is 0 Å². The summed E-state index contributed by atoms with van der Waals surface area (Å²) in [7, 11) is 0. The lowest BCUT2D eigenvalue weighted by molar-refractivity contribution is -0.302. The standard InChI is InChI=1S/C14H15F3N2O2/c1-10-9-13(21,14(15,16)17)19(18-10)12(20)8-7-11-5-3-2-4-6-11/h2-6,21H,7-9H2,1H3/t13-/m1/s1. The molecule has 1 aliphatic heterocycles. The molecule has 0 saturated heterocycles. The van der Waals surface area contributed by atoms with Crippen LogP contribution >= 0.6 is 0 Å². The fourth-order valence-corrected chi connectivity index (χ4v) is 2.20. The van der Waals surface area contributed by atoms with E-state index in [-0.39, 0.29) is 17.1 Å². The summed E-state index contributed by atoms with van der Waals surface area (Å²) < 4.78 is 38.9. The van der Waals surface area contributed by atoms with Crippen molar-refractivity contribution in [2.75, 3.05) is 0 Å². The van der Waals surface area contributed by atoms with Crippen LogP contribution in [0.5, 0.6) is 0 Å². The number of alkyl halides is 3. The molecule has 1 atom stereocenters. The second kappa shape index (κ2) is 5.48. The van der Waals surface area contributed by atoms with Gasteiger partial charge < -0.3 is 5.11 Å². The zero-order valence-corrected chi connectivity index (χ0v) is 11.4. The SMILES string of the molecule is CC1=NN(C(=O)CCc2ccccc2)[C@](O)(C(F)(F)F)C1. The summed E-state index contributed by atoms with van der Waals surface area (Å²) in [4.78, 5) is 12.0. The molecule has 1 aromatic carbocycles. The molecule has 0 radical (unpaired) electrons. The number of hydrogen-bond donors (Lipinski definition) is 1. The molecule has 1 amide bonds. The van der Waals surface area contributed by atoms with Crippen molar-refractivity contribution in [2.45, 2.75) is 38.1 Å². The van der Waals surface area contributed by atoms with Crippen LogP contribution in [0.15, 0.2) is 35.4 Å². The predicted molar refractivity (Wildman–Crippen MR) is 70.3 cm³/mol. The van der Waals surface area contributed by atoms with Gasteiger partial charge in [0.15, 0.2) is 0 Å². The van der Waals surface area contributed by atoms with E-state index in [0.717, 1.165) is 5.56 Å². The molecule has 0 aromatic heterocycles. The van der Waals surface area contributed by atoms with Gasteiger partial charge in [0.05, 0.1) is 0 Å². The molecular formula is C14H15F3N2O2. The molecule has 1 aliphatic rings. The van der Waals surface area contributed by atoms with Crippen molar-refractivity contribution < 1.29 is 23.1 Å². The number of carbonyl (C=O) groups is 1. The van der Waals surface area contributed by atoms with Crippen LogP contribution < -0.4 is 0 Å². The number of aryl methyl sites for hydroxylation is 1. The van der Waals surface area contributed by atoms with Gasteiger partial charge in [0.2, 0.25) is 5.91 Å². The number of amides is 1. The van der Waals surface area contributed by atoms with Crippen LogP contribution in [-0.4, -0.2) is 33.6 Å². The number of halogens is 3. The van der Waals surface area contributed by atoms with Crippen molar-refractivity contribution in [3.05, 3.63) is 35.9 Å². The van der Waals surface area contributed by atoms with Crippen LogP contribution in [0.3, 0.4) is 0 Å². The molecule has 21 heavy (non-hydrogen) atoms. The lowest BCUT2D eigenvalue weighted by Gasteiger charge is -2.32. The van der Waals surface area contributed by atoms with Crippen molar-refractivity contribution in [1.29, 1.82) is 0 Å². The van der Waals surface area contributed by atoms with Gasteiger partial charge in [0.1, 0.15) is 0 Å². The summed E-state index contributed by atoms with van der Waals surface area (Å²) in [5.41, 5.74) is -2.32. The van der Waals surface area contributed by atoms with E-state index in [4.69, 9.17) is 0 Å². The summed E-state index contributed by atoms with van der Waals surface area (Å²) in [6.07, 6.45) is -5.53. The summed E-state index contributed by atoms with van der Waals surface area (Å²) in [6, 6.07) is 8.93. The predicted octanol–water partition coefficient (Wildman–Crippen LogP) is 2.48. The average molecular weight is 300 g/mol. The summed E-state index contributed by atoms with van der Waals surface area (Å²) in [6.45, 7) is 1.35. The highest BCUT2D eigenvalue weighted by molar-refractivity contribution is 5.89. The number of aliphatic hydroxyl groups is 1. The molecule has 2 rings (SSSR count). The summed E-state index contributed by atoms with van der Waals surface area (Å²) in [5, 5.41) is 13.5. The van der Waals surface area contributed by atoms with Crippen LogP contribution in [0.1, 0.15) is 25.3 Å². The minimum absolute atomic E-state index is 0.0721. The van der Waals surface area contributed by atoms with Crippen LogP contribution in [0.4, 0.5) is 13.2 Å². The summed E-state index contributed by atoms with van der Waals surface area (Å²) in [5.74, 6) is -0.851. The first-order chi connectivity index (χ1) is 9.74. The highest BCUT2D eigenvalue weighted by Gasteiger charge is 2.62. The van der Waals surface area contributed by atoms with Gasteiger partial charge in [-0.2, -0.15) is 23.3 Å². The number of carbonyl (C=O) groups excluding carboxylic acids is 1. The van der Waals surface area contributed by atoms with E-state index >= 15 is 0 Å². The van der Waals surface area contributed by atoms with Gasteiger partial charge >= 0.3 is 6.18 Å². The fourth-order valence-electron chi connectivity index (χ4n) is 2.20. The van der Waals surface area contributed by atoms with Crippen LogP contribution in [0.25, 0.3) is 0 Å². The van der Waals surface area contributed by atoms with E-state index in [2.05, 4.69) is 5.10 Å². The highest BCUT2D eigenvalue weighted by Crippen LogP contribution is 2.40. The maximum Gasteiger partial charge on any atom is 0.438 e. The Kier molecular flexibility index (Phi) is 4.04. The van der Waals surface area contributed by atoms with Crippen molar-refractivity contribution >= 4 is 11.6 Å². The minimum atomic E-state index is -4.95. The van der Waals surface area contributed by atoms with E-state index in [1.165, 1.54) is 6.92 Å². The molecule has 1 heterocycles. The first-order valence-electron chi connectivity index (χ1n) is 6.44. The molecule has 0 spiro atoms. The minimum Gasteiger partial charge on any atom is -0.362 e. The van der Waals surface area contributed by atoms with Gasteiger partial charge in [-0.3, -0.25) is 4.79 Å². The van der Waals surface area contributed by atoms with Gasteiger partial charge in [-0.15, -0.1) is 0 Å². The zero-order valence-electron chi connectivity index (χ0n) is 11.4. The number of hydrogen-bond acceptors (Lipinski definition) is 3. The second-order valence-electron chi connectivity index (χ2n) is 5.02. The maximum atomic E-state index is 13.0. The van der Waals surface area contributed by atoms with E-state index in [0.29, 0.717) is 6.42 Å². The number of nitrogens with zero attached hydrogens (tertiary/aromatic N) is 2. The van der Waals surface area contributed by atoms with Crippen molar-refractivity contribution in [3.63, 3.8) is 0 Å². The van der Waals surface area contributed by atoms with Gasteiger partial charge in [0.25, 0.3) is 5.72 Å². The van der Waals surface area contributed by atoms with E-state index in [1.54, 1.807) is 24.3 Å². The van der Waals surface area contributed by atoms with Gasteiger partial charge in [-0.25, -0.2) is 0 Å². The molecule has 1 aromatic rings. The Morgan fingerprint density at radius 1 is 1.38 bits per heavy atom. The van der Waals surface area contributed by atoms with Gasteiger partial charge in [-0.1, -0.05) is 30.3 Å². The molecule has 0 fully saturated rings. The first-order valence-corrected chi connectivity index (χ1v) is 6.44. The smallest absolute Gasteiger partial charge is 0.362 e. The van der Waals surface area contributed by atoms with E-state index in [1.807, 2.05) is 6.07 Å². The average Bonchev–Trinajstić information content (AvgIpc) is 2.73. The number of benzene rings is 1. The third kappa shape index (κ3) is 3.07. The molecule has 4 nitrogen and oxygen atoms in total. The summed E-state index contributed by atoms with van der Waals surface area (Å²) >= 11 is 0. The number of rotatable bonds is 3. The molecule has 0 saturated carbocycles. The molecule has 114 valence electrons. The molecule has 7 heteroatoms. The fraction of sp³-hybridized carbons (Fsp3) is 0.429. The molecule has 0 bridgehead atoms. The van der Waals surface area contributed by atoms with Crippen molar-refractivity contribution in [2.24, 2.45) is 5.10 Å². The Morgan fingerprint density at radius 3 is 2.57 bits per heavy atom. The molecule has 0 unspecified atom stereocenters. The first kappa shape index (κ1) is 15.5. The van der Waals surface area contributed by atoms with Gasteiger partial charge in [0, 0.05) is 18.6 Å². The van der Waals surface area contributed by atoms with Crippen LogP contribution in [0, 0.1) is 0 Å². The second-order valence-corrected chi connectivity index (χ2v) is 5.02. The normalized spacial score (nSPS) is 22.3. The Bertz CT molecular complexity index is 557. The zero-order chi connectivity index (χ0) is 15.7. The molecule has 1 N–H and O–H groups in total. The topological polar surface area (TPSA) is 52.9 Å². The third-order valence-electron chi connectivity index (χ3n) is 3.28. The molecular weight excluding hydrogens is 285 g/mol. The van der Waals surface area contributed by atoms with Crippen LogP contribution in [-0.2, 0) is 11.2 Å². The lowest BCUT2D eigenvalue weighted by atomic mass is 10.1. The number of hydrazone groups is 1. The quantitative estimate of drug-likeness (QED) is 0.932. The Hall–Kier alpha value is -1.89. The van der Waals surface area contributed by atoms with E-state index in [9.17, 15) is 23.1 Å². The Balaban J connectivity index is 2.10. The highest BCUT2D eigenvalue weighted by atomic mass is 19.4. The maximum absolute atomic E-state index is 13.0.